The van der Waals surface area contributed by atoms with Crippen LogP contribution in [-0.2, 0) is 19.6 Å². The van der Waals surface area contributed by atoms with Crippen LogP contribution < -0.4 is 14.9 Å². The second kappa shape index (κ2) is 13.9. The van der Waals surface area contributed by atoms with Crippen LogP contribution >= 0.6 is 0 Å². The number of hydrogen-bond donors (Lipinski definition) is 2. The molecule has 3 aromatic carbocycles. The summed E-state index contributed by atoms with van der Waals surface area (Å²) in [6.07, 6.45) is 3.76. The van der Waals surface area contributed by atoms with Crippen molar-refractivity contribution in [1.82, 2.24) is 14.5 Å². The van der Waals surface area contributed by atoms with Gasteiger partial charge in [0.25, 0.3) is 0 Å². The molecule has 7 rings (SSSR count). The van der Waals surface area contributed by atoms with Crippen LogP contribution in [-0.4, -0.2) is 101 Å². The van der Waals surface area contributed by atoms with Gasteiger partial charge in [-0.25, -0.2) is 13.1 Å². The topological polar surface area (TPSA) is 107 Å². The summed E-state index contributed by atoms with van der Waals surface area (Å²) in [4.78, 5) is 26.3. The number of anilines is 2. The standard InChI is InChI=1S/C36H44N6O4S/c1-40-17-13-30(14-18-40)42-21-19-41(20-22-42)29-9-7-27(8-10-29)37-35(26-5-3-2-4-6-26)34-32-25-31(11-12-33(32)38-36(34)43)47(44,45)39-28-15-23-46-24-16-28/h2-12,25,28,30,34,39H,13-24H2,1H3,(H,38,43). The number of ether oxygens (including phenoxy) is 1. The number of piperazine rings is 1. The minimum absolute atomic E-state index is 0.136. The lowest BCUT2D eigenvalue weighted by atomic mass is 9.90. The molecule has 1 amide bonds. The number of rotatable bonds is 8. The van der Waals surface area contributed by atoms with Crippen molar-refractivity contribution in [2.24, 2.45) is 4.99 Å². The van der Waals surface area contributed by atoms with Gasteiger partial charge in [-0.05, 0) is 99.4 Å². The molecule has 0 saturated carbocycles. The van der Waals surface area contributed by atoms with Gasteiger partial charge in [0.05, 0.1) is 16.3 Å². The van der Waals surface area contributed by atoms with Gasteiger partial charge in [-0.2, -0.15) is 0 Å². The number of fused-ring (bicyclic) bond motifs is 1. The van der Waals surface area contributed by atoms with Gasteiger partial charge in [-0.15, -0.1) is 0 Å². The van der Waals surface area contributed by atoms with E-state index in [9.17, 15) is 13.2 Å². The van der Waals surface area contributed by atoms with Gasteiger partial charge in [-0.3, -0.25) is 14.7 Å². The second-order valence-corrected chi connectivity index (χ2v) is 14.8. The molecule has 4 aliphatic heterocycles. The van der Waals surface area contributed by atoms with Gasteiger partial charge in [0.15, 0.2) is 0 Å². The molecule has 0 radical (unpaired) electrons. The van der Waals surface area contributed by atoms with Crippen molar-refractivity contribution in [1.29, 1.82) is 0 Å². The largest absolute Gasteiger partial charge is 0.381 e. The Kier molecular flexibility index (Phi) is 9.42. The third-order valence-electron chi connectivity index (χ3n) is 10.0. The molecule has 3 fully saturated rings. The maximum atomic E-state index is 13.5. The lowest BCUT2D eigenvalue weighted by molar-refractivity contribution is -0.115. The summed E-state index contributed by atoms with van der Waals surface area (Å²) in [6.45, 7) is 7.57. The molecule has 4 aliphatic rings. The van der Waals surface area contributed by atoms with Crippen molar-refractivity contribution >= 4 is 38.7 Å². The summed E-state index contributed by atoms with van der Waals surface area (Å²) in [5.74, 6) is -0.994. The number of benzene rings is 3. The summed E-state index contributed by atoms with van der Waals surface area (Å²) < 4.78 is 35.0. The van der Waals surface area contributed by atoms with E-state index in [-0.39, 0.29) is 16.8 Å². The fourth-order valence-electron chi connectivity index (χ4n) is 7.27. The van der Waals surface area contributed by atoms with Crippen LogP contribution in [0, 0.1) is 0 Å². The first-order valence-electron chi connectivity index (χ1n) is 16.8. The number of aliphatic imine (C=N–C) groups is 1. The predicted octanol–water partition coefficient (Wildman–Crippen LogP) is 4.22. The first kappa shape index (κ1) is 32.0. The predicted molar refractivity (Wildman–Crippen MR) is 185 cm³/mol. The second-order valence-electron chi connectivity index (χ2n) is 13.1. The van der Waals surface area contributed by atoms with Crippen molar-refractivity contribution in [2.45, 2.75) is 48.6 Å². The van der Waals surface area contributed by atoms with Crippen LogP contribution in [0.4, 0.5) is 17.1 Å². The average Bonchev–Trinajstić information content (AvgIpc) is 3.43. The van der Waals surface area contributed by atoms with Gasteiger partial charge in [-0.1, -0.05) is 30.3 Å². The number of piperidine rings is 1. The summed E-state index contributed by atoms with van der Waals surface area (Å²) >= 11 is 0. The maximum Gasteiger partial charge on any atom is 0.240 e. The third kappa shape index (κ3) is 7.14. The number of carbonyl (C=O) groups excluding carboxylic acids is 1. The van der Waals surface area contributed by atoms with Gasteiger partial charge in [0.1, 0.15) is 5.92 Å². The Balaban J connectivity index is 1.12. The Morgan fingerprint density at radius 2 is 1.57 bits per heavy atom. The number of nitrogens with zero attached hydrogens (tertiary/aromatic N) is 4. The van der Waals surface area contributed by atoms with E-state index in [2.05, 4.69) is 43.9 Å². The molecule has 1 atom stereocenters. The first-order chi connectivity index (χ1) is 22.8. The van der Waals surface area contributed by atoms with Crippen LogP contribution in [0.2, 0.25) is 0 Å². The molecule has 2 N–H and O–H groups in total. The lowest BCUT2D eigenvalue weighted by Crippen LogP contribution is -2.52. The number of nitrogens with one attached hydrogen (secondary N) is 2. The fourth-order valence-corrected chi connectivity index (χ4v) is 8.61. The molecule has 0 spiro atoms. The highest BCUT2D eigenvalue weighted by Gasteiger charge is 2.37. The fraction of sp³-hybridized carbons (Fsp3) is 0.444. The van der Waals surface area contributed by atoms with E-state index in [1.807, 2.05) is 42.5 Å². The molecular formula is C36H44N6O4S. The molecule has 4 heterocycles. The van der Waals surface area contributed by atoms with Crippen molar-refractivity contribution in [3.8, 4) is 0 Å². The quantitative estimate of drug-likeness (QED) is 0.350. The highest BCUT2D eigenvalue weighted by Crippen LogP contribution is 2.38. The van der Waals surface area contributed by atoms with E-state index in [1.165, 1.54) is 31.6 Å². The number of amides is 1. The Bertz CT molecular complexity index is 1690. The molecule has 0 aliphatic carbocycles. The molecule has 11 heteroatoms. The highest BCUT2D eigenvalue weighted by atomic mass is 32.2. The molecule has 10 nitrogen and oxygen atoms in total. The Morgan fingerprint density at radius 3 is 2.28 bits per heavy atom. The van der Waals surface area contributed by atoms with Crippen molar-refractivity contribution in [2.75, 3.05) is 69.7 Å². The van der Waals surface area contributed by atoms with Crippen molar-refractivity contribution in [3.05, 3.63) is 83.9 Å². The monoisotopic (exact) mass is 656 g/mol. The van der Waals surface area contributed by atoms with Crippen LogP contribution in [0.3, 0.4) is 0 Å². The van der Waals surface area contributed by atoms with E-state index in [0.717, 1.165) is 37.4 Å². The van der Waals surface area contributed by atoms with E-state index in [4.69, 9.17) is 9.73 Å². The van der Waals surface area contributed by atoms with E-state index in [1.54, 1.807) is 18.2 Å². The molecule has 47 heavy (non-hydrogen) atoms. The highest BCUT2D eigenvalue weighted by molar-refractivity contribution is 7.89. The van der Waals surface area contributed by atoms with Gasteiger partial charge in [0.2, 0.25) is 15.9 Å². The Hall–Kier alpha value is -3.61. The number of carbonyl (C=O) groups is 1. The number of sulfonamides is 1. The molecule has 3 saturated heterocycles. The van der Waals surface area contributed by atoms with Crippen LogP contribution in [0.25, 0.3) is 0 Å². The molecule has 1 unspecified atom stereocenters. The van der Waals surface area contributed by atoms with Crippen molar-refractivity contribution < 1.29 is 17.9 Å². The van der Waals surface area contributed by atoms with Crippen LogP contribution in [0.1, 0.15) is 42.7 Å². The zero-order valence-electron chi connectivity index (χ0n) is 27.0. The first-order valence-corrected chi connectivity index (χ1v) is 18.3. The van der Waals surface area contributed by atoms with E-state index in [0.29, 0.717) is 49.1 Å². The Labute approximate surface area is 277 Å². The lowest BCUT2D eigenvalue weighted by Gasteiger charge is -2.42. The van der Waals surface area contributed by atoms with Gasteiger partial charge >= 0.3 is 0 Å². The molecule has 3 aromatic rings. The summed E-state index contributed by atoms with van der Waals surface area (Å²) in [7, 11) is -1.58. The molecule has 0 bridgehead atoms. The minimum atomic E-state index is -3.79. The normalized spacial score (nSPS) is 22.3. The van der Waals surface area contributed by atoms with E-state index < -0.39 is 15.9 Å². The Morgan fingerprint density at radius 1 is 0.872 bits per heavy atom. The zero-order chi connectivity index (χ0) is 32.4. The summed E-state index contributed by atoms with van der Waals surface area (Å²) in [6, 6.07) is 23.3. The molecule has 248 valence electrons. The molecular weight excluding hydrogens is 613 g/mol. The molecule has 0 aromatic heterocycles. The average molecular weight is 657 g/mol. The zero-order valence-corrected chi connectivity index (χ0v) is 27.8. The summed E-state index contributed by atoms with van der Waals surface area (Å²) in [5.41, 5.74) is 4.50. The number of likely N-dealkylation sites (tertiary alicyclic amines) is 1. The maximum absolute atomic E-state index is 13.5. The minimum Gasteiger partial charge on any atom is -0.381 e. The SMILES string of the molecule is CN1CCC(N2CCN(c3ccc(N=C(c4ccccc4)C4C(=O)Nc5ccc(S(=O)(=O)NC6CCOCC6)cc54)cc3)CC2)CC1. The van der Waals surface area contributed by atoms with Crippen LogP contribution in [0.5, 0.6) is 0 Å². The van der Waals surface area contributed by atoms with Crippen LogP contribution in [0.15, 0.2) is 82.7 Å². The van der Waals surface area contributed by atoms with Gasteiger partial charge < -0.3 is 19.9 Å². The van der Waals surface area contributed by atoms with Gasteiger partial charge in [0, 0.05) is 62.9 Å². The summed E-state index contributed by atoms with van der Waals surface area (Å²) in [5, 5.41) is 2.96. The number of hydrogen-bond acceptors (Lipinski definition) is 8. The smallest absolute Gasteiger partial charge is 0.240 e. The van der Waals surface area contributed by atoms with Crippen molar-refractivity contribution in [3.63, 3.8) is 0 Å². The van der Waals surface area contributed by atoms with E-state index >= 15 is 0 Å². The third-order valence-corrected chi connectivity index (χ3v) is 11.6.